The summed E-state index contributed by atoms with van der Waals surface area (Å²) < 4.78 is 5.20. The zero-order valence-corrected chi connectivity index (χ0v) is 15.5. The Morgan fingerprint density at radius 1 is 1.19 bits per heavy atom. The van der Waals surface area contributed by atoms with Gasteiger partial charge in [0.05, 0.1) is 13.7 Å². The van der Waals surface area contributed by atoms with Gasteiger partial charge in [-0.1, -0.05) is 0 Å². The number of likely N-dealkylation sites (tertiary alicyclic amines) is 1. The molecule has 1 aliphatic rings. The lowest BCUT2D eigenvalue weighted by atomic mass is 10.1. The fraction of sp³-hybridized carbons (Fsp3) is 0.450. The van der Waals surface area contributed by atoms with E-state index in [0.29, 0.717) is 17.7 Å². The van der Waals surface area contributed by atoms with Crippen LogP contribution >= 0.6 is 0 Å². The summed E-state index contributed by atoms with van der Waals surface area (Å²) in [4.78, 5) is 41.0. The zero-order valence-electron chi connectivity index (χ0n) is 15.5. The van der Waals surface area contributed by atoms with Crippen molar-refractivity contribution in [2.75, 3.05) is 26.7 Å². The summed E-state index contributed by atoms with van der Waals surface area (Å²) >= 11 is 0. The van der Waals surface area contributed by atoms with Crippen molar-refractivity contribution >= 4 is 22.7 Å². The van der Waals surface area contributed by atoms with Crippen LogP contribution in [-0.2, 0) is 16.0 Å². The molecule has 0 spiro atoms. The van der Waals surface area contributed by atoms with Gasteiger partial charge in [-0.2, -0.15) is 0 Å². The van der Waals surface area contributed by atoms with Crippen LogP contribution in [0.4, 0.5) is 0 Å². The lowest BCUT2D eigenvalue weighted by Gasteiger charge is -2.26. The van der Waals surface area contributed by atoms with E-state index < -0.39 is 0 Å². The fourth-order valence-electron chi connectivity index (χ4n) is 3.31. The quantitative estimate of drug-likeness (QED) is 0.807. The van der Waals surface area contributed by atoms with Crippen molar-refractivity contribution in [1.29, 1.82) is 0 Å². The van der Waals surface area contributed by atoms with Crippen LogP contribution in [0.25, 0.3) is 10.9 Å². The van der Waals surface area contributed by atoms with Crippen LogP contribution in [0.2, 0.25) is 0 Å². The number of aromatic nitrogens is 1. The fourth-order valence-corrected chi connectivity index (χ4v) is 3.31. The number of nitrogens with one attached hydrogen (secondary N) is 2. The van der Waals surface area contributed by atoms with E-state index in [1.54, 1.807) is 30.2 Å². The van der Waals surface area contributed by atoms with Gasteiger partial charge in [0.2, 0.25) is 11.8 Å². The molecule has 0 saturated carbocycles. The molecule has 2 amide bonds. The number of hydrogen-bond donors (Lipinski definition) is 2. The summed E-state index contributed by atoms with van der Waals surface area (Å²) in [5.41, 5.74) is 1.05. The third kappa shape index (κ3) is 4.87. The monoisotopic (exact) mass is 371 g/mol. The van der Waals surface area contributed by atoms with Crippen LogP contribution in [0.3, 0.4) is 0 Å². The van der Waals surface area contributed by atoms with Crippen LogP contribution in [0, 0.1) is 0 Å². The molecule has 0 bridgehead atoms. The molecule has 1 saturated heterocycles. The lowest BCUT2D eigenvalue weighted by molar-refractivity contribution is -0.133. The summed E-state index contributed by atoms with van der Waals surface area (Å²) in [5.74, 6) is 0.429. The average Bonchev–Trinajstić information content (AvgIpc) is 2.70. The molecule has 1 fully saturated rings. The molecule has 0 atom stereocenters. The first kappa shape index (κ1) is 18.9. The number of hydrogen-bond acceptors (Lipinski definition) is 4. The second-order valence-electron chi connectivity index (χ2n) is 6.80. The topological polar surface area (TPSA) is 91.5 Å². The summed E-state index contributed by atoms with van der Waals surface area (Å²) in [7, 11) is 1.59. The average molecular weight is 371 g/mol. The third-order valence-electron chi connectivity index (χ3n) is 4.90. The van der Waals surface area contributed by atoms with Crippen molar-refractivity contribution in [3.05, 3.63) is 40.2 Å². The molecule has 3 rings (SSSR count). The Morgan fingerprint density at radius 3 is 2.70 bits per heavy atom. The van der Waals surface area contributed by atoms with Crippen molar-refractivity contribution in [1.82, 2.24) is 15.2 Å². The second-order valence-corrected chi connectivity index (χ2v) is 6.80. The number of benzene rings is 1. The molecule has 7 heteroatoms. The van der Waals surface area contributed by atoms with Crippen molar-refractivity contribution in [3.63, 3.8) is 0 Å². The SMILES string of the molecule is COc1ccc2[nH]c(=O)c(CCC(=O)NCC(=O)N3CCCCC3)cc2c1. The van der Waals surface area contributed by atoms with Gasteiger partial charge in [-0.15, -0.1) is 0 Å². The van der Waals surface area contributed by atoms with E-state index in [-0.39, 0.29) is 30.3 Å². The second kappa shape index (κ2) is 8.70. The molecule has 1 aromatic carbocycles. The predicted octanol–water partition coefficient (Wildman–Crippen LogP) is 1.60. The number of methoxy groups -OCH3 is 1. The Bertz CT molecular complexity index is 884. The lowest BCUT2D eigenvalue weighted by Crippen LogP contribution is -2.42. The maximum Gasteiger partial charge on any atom is 0.251 e. The smallest absolute Gasteiger partial charge is 0.251 e. The van der Waals surface area contributed by atoms with Gasteiger partial charge in [-0.05, 0) is 49.9 Å². The van der Waals surface area contributed by atoms with Gasteiger partial charge < -0.3 is 19.9 Å². The third-order valence-corrected chi connectivity index (χ3v) is 4.90. The van der Waals surface area contributed by atoms with Crippen molar-refractivity contribution in [2.24, 2.45) is 0 Å². The molecule has 0 radical (unpaired) electrons. The Hall–Kier alpha value is -2.83. The van der Waals surface area contributed by atoms with Gasteiger partial charge in [0.1, 0.15) is 5.75 Å². The molecule has 144 valence electrons. The highest BCUT2D eigenvalue weighted by molar-refractivity contribution is 5.85. The molecular formula is C20H25N3O4. The largest absolute Gasteiger partial charge is 0.497 e. The number of H-pyrrole nitrogens is 1. The molecule has 2 N–H and O–H groups in total. The Morgan fingerprint density at radius 2 is 1.96 bits per heavy atom. The number of amides is 2. The number of rotatable bonds is 6. The number of fused-ring (bicyclic) bond motifs is 1. The van der Waals surface area contributed by atoms with Gasteiger partial charge >= 0.3 is 0 Å². The standard InChI is InChI=1S/C20H25N3O4/c1-27-16-6-7-17-15(12-16)11-14(20(26)22-17)5-8-18(24)21-13-19(25)23-9-3-2-4-10-23/h6-7,11-12H,2-5,8-10,13H2,1H3,(H,21,24)(H,22,26). The van der Waals surface area contributed by atoms with Gasteiger partial charge in [-0.3, -0.25) is 14.4 Å². The van der Waals surface area contributed by atoms with Crippen LogP contribution in [0.5, 0.6) is 5.75 Å². The van der Waals surface area contributed by atoms with Gasteiger partial charge in [0, 0.05) is 36.0 Å². The van der Waals surface area contributed by atoms with E-state index in [1.165, 1.54) is 0 Å². The molecular weight excluding hydrogens is 346 g/mol. The Labute approximate surface area is 157 Å². The molecule has 0 aliphatic carbocycles. The van der Waals surface area contributed by atoms with Crippen LogP contribution in [0.15, 0.2) is 29.1 Å². The number of carbonyl (C=O) groups is 2. The van der Waals surface area contributed by atoms with Crippen LogP contribution in [0.1, 0.15) is 31.2 Å². The van der Waals surface area contributed by atoms with Crippen LogP contribution in [-0.4, -0.2) is 48.4 Å². The van der Waals surface area contributed by atoms with E-state index in [4.69, 9.17) is 4.74 Å². The minimum Gasteiger partial charge on any atom is -0.497 e. The van der Waals surface area contributed by atoms with Crippen LogP contribution < -0.4 is 15.6 Å². The van der Waals surface area contributed by atoms with Gasteiger partial charge in [0.15, 0.2) is 0 Å². The number of nitrogens with zero attached hydrogens (tertiary/aromatic N) is 1. The summed E-state index contributed by atoms with van der Waals surface area (Å²) in [5, 5.41) is 3.51. The Kier molecular flexibility index (Phi) is 6.11. The highest BCUT2D eigenvalue weighted by Gasteiger charge is 2.17. The zero-order chi connectivity index (χ0) is 19.2. The molecule has 0 unspecified atom stereocenters. The van der Waals surface area contributed by atoms with Gasteiger partial charge in [-0.25, -0.2) is 0 Å². The molecule has 7 nitrogen and oxygen atoms in total. The molecule has 2 heterocycles. The summed E-state index contributed by atoms with van der Waals surface area (Å²) in [6.07, 6.45) is 3.67. The van der Waals surface area contributed by atoms with E-state index in [0.717, 1.165) is 43.3 Å². The number of aromatic amines is 1. The Balaban J connectivity index is 1.55. The first-order valence-corrected chi connectivity index (χ1v) is 9.31. The number of aryl methyl sites for hydroxylation is 1. The maximum absolute atomic E-state index is 12.2. The number of pyridine rings is 1. The minimum absolute atomic E-state index is 0.0180. The van der Waals surface area contributed by atoms with Crippen molar-refractivity contribution < 1.29 is 14.3 Å². The maximum atomic E-state index is 12.2. The number of ether oxygens (including phenoxy) is 1. The van der Waals surface area contributed by atoms with E-state index in [9.17, 15) is 14.4 Å². The van der Waals surface area contributed by atoms with Gasteiger partial charge in [0.25, 0.3) is 5.56 Å². The van der Waals surface area contributed by atoms with Crippen molar-refractivity contribution in [2.45, 2.75) is 32.1 Å². The summed E-state index contributed by atoms with van der Waals surface area (Å²) in [6, 6.07) is 7.19. The molecule has 1 aliphatic heterocycles. The normalized spacial score (nSPS) is 14.2. The first-order valence-electron chi connectivity index (χ1n) is 9.31. The van der Waals surface area contributed by atoms with E-state index >= 15 is 0 Å². The number of carbonyl (C=O) groups excluding carboxylic acids is 2. The predicted molar refractivity (Wildman–Crippen MR) is 103 cm³/mol. The van der Waals surface area contributed by atoms with E-state index in [2.05, 4.69) is 10.3 Å². The molecule has 2 aromatic rings. The molecule has 27 heavy (non-hydrogen) atoms. The van der Waals surface area contributed by atoms with E-state index in [1.807, 2.05) is 6.07 Å². The highest BCUT2D eigenvalue weighted by Crippen LogP contribution is 2.19. The molecule has 1 aromatic heterocycles. The highest BCUT2D eigenvalue weighted by atomic mass is 16.5. The summed E-state index contributed by atoms with van der Waals surface area (Å²) in [6.45, 7) is 1.55. The number of piperidine rings is 1. The first-order chi connectivity index (χ1) is 13.1. The minimum atomic E-state index is -0.231. The van der Waals surface area contributed by atoms with Crippen molar-refractivity contribution in [3.8, 4) is 5.75 Å².